The lowest BCUT2D eigenvalue weighted by Crippen LogP contribution is -2.50. The number of allylic oxidation sites excluding steroid dienone is 3. The summed E-state index contributed by atoms with van der Waals surface area (Å²) in [6.07, 6.45) is 1.34. The first-order chi connectivity index (χ1) is 12.8. The molecule has 0 aromatic heterocycles. The van der Waals surface area contributed by atoms with Crippen LogP contribution in [0.2, 0.25) is 0 Å². The minimum absolute atomic E-state index is 0.0970. The molecule has 0 aromatic carbocycles. The minimum atomic E-state index is -0.776. The van der Waals surface area contributed by atoms with Crippen molar-refractivity contribution in [1.82, 2.24) is 4.90 Å². The van der Waals surface area contributed by atoms with Crippen LogP contribution >= 0.6 is 22.6 Å². The zero-order valence-corrected chi connectivity index (χ0v) is 19.4. The first-order valence-corrected chi connectivity index (χ1v) is 10.7. The Kier molecular flexibility index (Phi) is 5.61. The van der Waals surface area contributed by atoms with Crippen molar-refractivity contribution in [2.45, 2.75) is 90.1 Å². The number of hydrogen-bond donors (Lipinski definition) is 1. The predicted octanol–water partition coefficient (Wildman–Crippen LogP) is 3.41. The standard InChI is InChI=1S/C20H29IN2O5/c1-7-13-16-17(27-20(5,6)26-16)15(23(13)18(25)28-19(2,3)4)10-8-11(21)12(22)9-14(10)24/h8,13,15-17H,7,9,22H2,1-6H3/t13-,15?,16-,17+/m1/s1. The van der Waals surface area contributed by atoms with Gasteiger partial charge in [0.2, 0.25) is 0 Å². The Bertz CT molecular complexity index is 752. The molecule has 28 heavy (non-hydrogen) atoms. The van der Waals surface area contributed by atoms with Crippen molar-refractivity contribution in [1.29, 1.82) is 0 Å². The van der Waals surface area contributed by atoms with Crippen LogP contribution in [0.15, 0.2) is 20.9 Å². The number of Topliss-reactive ketones (excluding diaryl/α,β-unsaturated/α-hetero) is 1. The van der Waals surface area contributed by atoms with Gasteiger partial charge in [-0.3, -0.25) is 9.69 Å². The molecule has 4 atom stereocenters. The van der Waals surface area contributed by atoms with Gasteiger partial charge in [-0.2, -0.15) is 0 Å². The van der Waals surface area contributed by atoms with Gasteiger partial charge >= 0.3 is 6.09 Å². The predicted molar refractivity (Wildman–Crippen MR) is 113 cm³/mol. The third kappa shape index (κ3) is 3.95. The summed E-state index contributed by atoms with van der Waals surface area (Å²) in [5, 5.41) is 0. The summed E-state index contributed by atoms with van der Waals surface area (Å²) in [5.41, 5.74) is 6.38. The van der Waals surface area contributed by atoms with Crippen molar-refractivity contribution in [2.75, 3.05) is 0 Å². The van der Waals surface area contributed by atoms with Gasteiger partial charge in [-0.25, -0.2) is 4.79 Å². The quantitative estimate of drug-likeness (QED) is 0.580. The minimum Gasteiger partial charge on any atom is -0.444 e. The molecule has 2 N–H and O–H groups in total. The number of carbonyl (C=O) groups is 2. The van der Waals surface area contributed by atoms with E-state index in [1.165, 1.54) is 0 Å². The number of carbonyl (C=O) groups excluding carboxylic acids is 2. The maximum Gasteiger partial charge on any atom is 0.411 e. The Hall–Kier alpha value is -1.13. The highest BCUT2D eigenvalue weighted by Crippen LogP contribution is 2.45. The van der Waals surface area contributed by atoms with Gasteiger partial charge in [0, 0.05) is 14.8 Å². The van der Waals surface area contributed by atoms with Gasteiger partial charge in [-0.05, 0) is 69.7 Å². The van der Waals surface area contributed by atoms with Crippen molar-refractivity contribution in [3.8, 4) is 0 Å². The van der Waals surface area contributed by atoms with Gasteiger partial charge in [-0.1, -0.05) is 6.92 Å². The molecule has 156 valence electrons. The van der Waals surface area contributed by atoms with E-state index in [9.17, 15) is 9.59 Å². The highest BCUT2D eigenvalue weighted by atomic mass is 127. The van der Waals surface area contributed by atoms with Crippen LogP contribution in [0.4, 0.5) is 4.79 Å². The summed E-state index contributed by atoms with van der Waals surface area (Å²) in [5.74, 6) is -0.873. The summed E-state index contributed by atoms with van der Waals surface area (Å²) >= 11 is 2.12. The molecule has 0 bridgehead atoms. The molecule has 2 heterocycles. The number of likely N-dealkylation sites (tertiary alicyclic amines) is 1. The molecular weight excluding hydrogens is 475 g/mol. The number of rotatable bonds is 2. The van der Waals surface area contributed by atoms with Crippen LogP contribution in [0.1, 0.15) is 54.4 Å². The molecule has 8 heteroatoms. The fourth-order valence-corrected chi connectivity index (χ4v) is 4.65. The number of ketones is 1. The smallest absolute Gasteiger partial charge is 0.411 e. The van der Waals surface area contributed by atoms with Crippen LogP contribution in [0.25, 0.3) is 0 Å². The summed E-state index contributed by atoms with van der Waals surface area (Å²) in [4.78, 5) is 27.7. The normalized spacial score (nSPS) is 32.5. The number of amides is 1. The van der Waals surface area contributed by atoms with Gasteiger partial charge < -0.3 is 19.9 Å². The van der Waals surface area contributed by atoms with E-state index in [0.29, 0.717) is 17.7 Å². The van der Waals surface area contributed by atoms with E-state index in [2.05, 4.69) is 22.6 Å². The topological polar surface area (TPSA) is 91.1 Å². The SMILES string of the molecule is CC[C@@H]1[C@H]2OC(C)(C)O[C@H]2C(C2=CC(I)=C(N)CC2=O)N1C(=O)OC(C)(C)C. The van der Waals surface area contributed by atoms with Crippen molar-refractivity contribution in [3.05, 3.63) is 20.9 Å². The third-order valence-electron chi connectivity index (χ3n) is 5.11. The van der Waals surface area contributed by atoms with Crippen LogP contribution in [0, 0.1) is 0 Å². The Morgan fingerprint density at radius 3 is 2.54 bits per heavy atom. The Balaban J connectivity index is 2.07. The highest BCUT2D eigenvalue weighted by Gasteiger charge is 2.61. The maximum absolute atomic E-state index is 13.1. The number of fused-ring (bicyclic) bond motifs is 1. The molecule has 1 unspecified atom stereocenters. The number of hydrogen-bond acceptors (Lipinski definition) is 6. The third-order valence-corrected chi connectivity index (χ3v) is 6.12. The number of halogens is 1. The van der Waals surface area contributed by atoms with Crippen molar-refractivity contribution in [2.24, 2.45) is 5.73 Å². The molecule has 3 rings (SSSR count). The lowest BCUT2D eigenvalue weighted by Gasteiger charge is -2.36. The second kappa shape index (κ2) is 7.28. The number of nitrogens with zero attached hydrogens (tertiary/aromatic N) is 1. The summed E-state index contributed by atoms with van der Waals surface area (Å²) in [6, 6.07) is -0.821. The monoisotopic (exact) mass is 504 g/mol. The van der Waals surface area contributed by atoms with Crippen molar-refractivity contribution in [3.63, 3.8) is 0 Å². The highest BCUT2D eigenvalue weighted by molar-refractivity contribution is 14.1. The molecule has 1 aliphatic carbocycles. The van der Waals surface area contributed by atoms with Gasteiger partial charge in [0.1, 0.15) is 17.8 Å². The molecule has 1 amide bonds. The van der Waals surface area contributed by atoms with Gasteiger partial charge in [-0.15, -0.1) is 0 Å². The Labute approximate surface area is 179 Å². The van der Waals surface area contributed by atoms with E-state index in [0.717, 1.165) is 3.58 Å². The van der Waals surface area contributed by atoms with E-state index < -0.39 is 29.6 Å². The fourth-order valence-electron chi connectivity index (χ4n) is 4.12. The average molecular weight is 504 g/mol. The summed E-state index contributed by atoms with van der Waals surface area (Å²) in [7, 11) is 0. The van der Waals surface area contributed by atoms with Crippen LogP contribution < -0.4 is 5.73 Å². The zero-order valence-electron chi connectivity index (χ0n) is 17.2. The summed E-state index contributed by atoms with van der Waals surface area (Å²) < 4.78 is 18.8. The van der Waals surface area contributed by atoms with Crippen LogP contribution in [0.3, 0.4) is 0 Å². The van der Waals surface area contributed by atoms with E-state index in [4.69, 9.17) is 19.9 Å². The fraction of sp³-hybridized carbons (Fsp3) is 0.700. The van der Waals surface area contributed by atoms with E-state index in [-0.39, 0.29) is 24.3 Å². The number of ether oxygens (including phenoxy) is 3. The first kappa shape index (κ1) is 21.6. The molecule has 3 aliphatic rings. The molecule has 2 fully saturated rings. The van der Waals surface area contributed by atoms with Gasteiger partial charge in [0.05, 0.1) is 18.5 Å². The van der Waals surface area contributed by atoms with E-state index >= 15 is 0 Å². The largest absolute Gasteiger partial charge is 0.444 e. The molecular formula is C20H29IN2O5. The van der Waals surface area contributed by atoms with Gasteiger partial charge in [0.15, 0.2) is 11.6 Å². The Morgan fingerprint density at radius 2 is 1.96 bits per heavy atom. The van der Waals surface area contributed by atoms with Crippen LogP contribution in [-0.2, 0) is 19.0 Å². The Morgan fingerprint density at radius 1 is 1.36 bits per heavy atom. The average Bonchev–Trinajstić information content (AvgIpc) is 2.99. The van der Waals surface area contributed by atoms with Crippen LogP contribution in [-0.4, -0.2) is 52.5 Å². The molecule has 0 spiro atoms. The molecule has 2 aliphatic heterocycles. The van der Waals surface area contributed by atoms with Crippen molar-refractivity contribution >= 4 is 34.5 Å². The molecule has 0 saturated carbocycles. The lowest BCUT2D eigenvalue weighted by molar-refractivity contribution is -0.165. The van der Waals surface area contributed by atoms with Crippen LogP contribution in [0.5, 0.6) is 0 Å². The second-order valence-electron chi connectivity index (χ2n) is 8.95. The zero-order chi connectivity index (χ0) is 21.0. The molecule has 0 radical (unpaired) electrons. The maximum atomic E-state index is 13.1. The molecule has 7 nitrogen and oxygen atoms in total. The van der Waals surface area contributed by atoms with E-state index in [1.54, 1.807) is 11.0 Å². The second-order valence-corrected chi connectivity index (χ2v) is 10.1. The van der Waals surface area contributed by atoms with Gasteiger partial charge in [0.25, 0.3) is 0 Å². The lowest BCUT2D eigenvalue weighted by atomic mass is 9.91. The van der Waals surface area contributed by atoms with E-state index in [1.807, 2.05) is 41.5 Å². The number of nitrogens with two attached hydrogens (primary N) is 1. The summed E-state index contributed by atoms with van der Waals surface area (Å²) in [6.45, 7) is 11.2. The first-order valence-electron chi connectivity index (χ1n) is 9.60. The molecule has 2 saturated heterocycles. The van der Waals surface area contributed by atoms with Crippen molar-refractivity contribution < 1.29 is 23.8 Å². The molecule has 0 aromatic rings.